The van der Waals surface area contributed by atoms with Crippen LogP contribution in [0.25, 0.3) is 10.7 Å². The second-order valence-electron chi connectivity index (χ2n) is 4.26. The Morgan fingerprint density at radius 3 is 3.19 bits per heavy atom. The SMILES string of the molecule is CC1CCCc2c(Br)nc(-c3cccs3)n21. The van der Waals surface area contributed by atoms with E-state index in [2.05, 4.69) is 49.9 Å². The number of rotatable bonds is 1. The molecule has 0 fully saturated rings. The van der Waals surface area contributed by atoms with Crippen molar-refractivity contribution in [3.8, 4) is 10.7 Å². The largest absolute Gasteiger partial charge is 0.323 e. The minimum Gasteiger partial charge on any atom is -0.323 e. The Kier molecular flexibility index (Phi) is 2.64. The lowest BCUT2D eigenvalue weighted by Crippen LogP contribution is -2.15. The van der Waals surface area contributed by atoms with Gasteiger partial charge in [-0.3, -0.25) is 0 Å². The van der Waals surface area contributed by atoms with Gasteiger partial charge in [0.25, 0.3) is 0 Å². The monoisotopic (exact) mass is 296 g/mol. The van der Waals surface area contributed by atoms with Gasteiger partial charge in [-0.25, -0.2) is 4.98 Å². The number of hydrogen-bond acceptors (Lipinski definition) is 2. The second kappa shape index (κ2) is 4.00. The number of imidazole rings is 1. The van der Waals surface area contributed by atoms with Gasteiger partial charge in [-0.15, -0.1) is 11.3 Å². The third-order valence-corrected chi connectivity index (χ3v) is 4.68. The summed E-state index contributed by atoms with van der Waals surface area (Å²) in [5, 5.41) is 2.11. The van der Waals surface area contributed by atoms with Gasteiger partial charge in [0.1, 0.15) is 4.60 Å². The molecule has 1 aliphatic heterocycles. The lowest BCUT2D eigenvalue weighted by Gasteiger charge is -2.23. The molecule has 0 radical (unpaired) electrons. The van der Waals surface area contributed by atoms with Crippen molar-refractivity contribution in [2.45, 2.75) is 32.2 Å². The minimum atomic E-state index is 0.569. The zero-order valence-electron chi connectivity index (χ0n) is 9.11. The average Bonchev–Trinajstić information content (AvgIpc) is 2.87. The van der Waals surface area contributed by atoms with Gasteiger partial charge in [0.2, 0.25) is 0 Å². The molecule has 0 saturated heterocycles. The summed E-state index contributed by atoms with van der Waals surface area (Å²) in [7, 11) is 0. The van der Waals surface area contributed by atoms with Crippen molar-refractivity contribution in [3.05, 3.63) is 27.8 Å². The molecule has 0 bridgehead atoms. The van der Waals surface area contributed by atoms with Gasteiger partial charge in [0.15, 0.2) is 5.82 Å². The van der Waals surface area contributed by atoms with Gasteiger partial charge in [0, 0.05) is 6.04 Å². The Bertz CT molecular complexity index is 501. The van der Waals surface area contributed by atoms with Crippen LogP contribution in [-0.4, -0.2) is 9.55 Å². The van der Waals surface area contributed by atoms with Crippen LogP contribution in [0.3, 0.4) is 0 Å². The molecule has 2 nitrogen and oxygen atoms in total. The normalized spacial score (nSPS) is 19.8. The first kappa shape index (κ1) is 10.5. The summed E-state index contributed by atoms with van der Waals surface area (Å²) in [6.45, 7) is 2.29. The van der Waals surface area contributed by atoms with Crippen LogP contribution in [0.1, 0.15) is 31.5 Å². The van der Waals surface area contributed by atoms with E-state index >= 15 is 0 Å². The van der Waals surface area contributed by atoms with E-state index in [1.54, 1.807) is 11.3 Å². The summed E-state index contributed by atoms with van der Waals surface area (Å²) >= 11 is 5.35. The minimum absolute atomic E-state index is 0.569. The van der Waals surface area contributed by atoms with Crippen molar-refractivity contribution in [3.63, 3.8) is 0 Å². The molecule has 1 unspecified atom stereocenters. The number of aromatic nitrogens is 2. The molecule has 2 aromatic heterocycles. The Morgan fingerprint density at radius 1 is 1.56 bits per heavy atom. The fourth-order valence-corrected chi connectivity index (χ4v) is 3.68. The maximum Gasteiger partial charge on any atom is 0.151 e. The summed E-state index contributed by atoms with van der Waals surface area (Å²) in [6.07, 6.45) is 3.67. The third-order valence-electron chi connectivity index (χ3n) is 3.18. The van der Waals surface area contributed by atoms with E-state index in [-0.39, 0.29) is 0 Å². The van der Waals surface area contributed by atoms with E-state index in [1.807, 2.05) is 0 Å². The van der Waals surface area contributed by atoms with E-state index in [0.29, 0.717) is 6.04 Å². The van der Waals surface area contributed by atoms with E-state index < -0.39 is 0 Å². The Morgan fingerprint density at radius 2 is 2.44 bits per heavy atom. The van der Waals surface area contributed by atoms with Crippen LogP contribution in [0.15, 0.2) is 22.1 Å². The van der Waals surface area contributed by atoms with E-state index in [1.165, 1.54) is 23.4 Å². The molecular formula is C12H13BrN2S. The Balaban J connectivity index is 2.20. The van der Waals surface area contributed by atoms with Gasteiger partial charge in [-0.1, -0.05) is 6.07 Å². The van der Waals surface area contributed by atoms with Gasteiger partial charge in [0.05, 0.1) is 10.6 Å². The zero-order chi connectivity index (χ0) is 11.1. The fourth-order valence-electron chi connectivity index (χ4n) is 2.41. The number of nitrogens with zero attached hydrogens (tertiary/aromatic N) is 2. The van der Waals surface area contributed by atoms with Crippen LogP contribution in [0.5, 0.6) is 0 Å². The number of thiophene rings is 1. The summed E-state index contributed by atoms with van der Waals surface area (Å²) < 4.78 is 3.43. The zero-order valence-corrected chi connectivity index (χ0v) is 11.5. The molecule has 0 N–H and O–H groups in total. The number of hydrogen-bond donors (Lipinski definition) is 0. The Labute approximate surface area is 107 Å². The first-order valence-corrected chi connectivity index (χ1v) is 7.25. The highest BCUT2D eigenvalue weighted by molar-refractivity contribution is 9.10. The Hall–Kier alpha value is -0.610. The second-order valence-corrected chi connectivity index (χ2v) is 5.96. The molecule has 84 valence electrons. The smallest absolute Gasteiger partial charge is 0.151 e. The first-order valence-electron chi connectivity index (χ1n) is 5.58. The van der Waals surface area contributed by atoms with Crippen molar-refractivity contribution in [2.75, 3.05) is 0 Å². The molecule has 1 aliphatic rings. The molecule has 0 aliphatic carbocycles. The molecule has 3 heterocycles. The van der Waals surface area contributed by atoms with E-state index in [4.69, 9.17) is 0 Å². The molecule has 1 atom stereocenters. The van der Waals surface area contributed by atoms with E-state index in [0.717, 1.165) is 16.8 Å². The van der Waals surface area contributed by atoms with Crippen LogP contribution in [0, 0.1) is 0 Å². The van der Waals surface area contributed by atoms with Gasteiger partial charge >= 0.3 is 0 Å². The van der Waals surface area contributed by atoms with Gasteiger partial charge in [-0.05, 0) is 53.6 Å². The summed E-state index contributed by atoms with van der Waals surface area (Å²) in [5.74, 6) is 1.13. The predicted molar refractivity (Wildman–Crippen MR) is 70.9 cm³/mol. The maximum atomic E-state index is 4.68. The highest BCUT2D eigenvalue weighted by atomic mass is 79.9. The first-order chi connectivity index (χ1) is 7.77. The highest BCUT2D eigenvalue weighted by Gasteiger charge is 2.24. The summed E-state index contributed by atoms with van der Waals surface area (Å²) in [4.78, 5) is 5.94. The molecular weight excluding hydrogens is 284 g/mol. The lowest BCUT2D eigenvalue weighted by molar-refractivity contribution is 0.435. The molecule has 0 spiro atoms. The van der Waals surface area contributed by atoms with Crippen molar-refractivity contribution in [1.82, 2.24) is 9.55 Å². The quantitative estimate of drug-likeness (QED) is 0.768. The third kappa shape index (κ3) is 1.55. The molecule has 0 amide bonds. The average molecular weight is 297 g/mol. The molecule has 16 heavy (non-hydrogen) atoms. The molecule has 2 aromatic rings. The van der Waals surface area contributed by atoms with Crippen LogP contribution < -0.4 is 0 Å². The number of halogens is 1. The number of fused-ring (bicyclic) bond motifs is 1. The van der Waals surface area contributed by atoms with Crippen molar-refractivity contribution in [1.29, 1.82) is 0 Å². The summed E-state index contributed by atoms with van der Waals surface area (Å²) in [6, 6.07) is 4.80. The van der Waals surface area contributed by atoms with Crippen molar-refractivity contribution >= 4 is 27.3 Å². The molecule has 0 aromatic carbocycles. The molecule has 3 rings (SSSR count). The van der Waals surface area contributed by atoms with Crippen LogP contribution in [-0.2, 0) is 6.42 Å². The van der Waals surface area contributed by atoms with Gasteiger partial charge < -0.3 is 4.57 Å². The molecule has 0 saturated carbocycles. The van der Waals surface area contributed by atoms with Crippen molar-refractivity contribution in [2.24, 2.45) is 0 Å². The maximum absolute atomic E-state index is 4.68. The van der Waals surface area contributed by atoms with Gasteiger partial charge in [-0.2, -0.15) is 0 Å². The van der Waals surface area contributed by atoms with Crippen LogP contribution in [0.4, 0.5) is 0 Å². The van der Waals surface area contributed by atoms with Crippen LogP contribution in [0.2, 0.25) is 0 Å². The topological polar surface area (TPSA) is 17.8 Å². The molecule has 4 heteroatoms. The lowest BCUT2D eigenvalue weighted by atomic mass is 10.0. The van der Waals surface area contributed by atoms with E-state index in [9.17, 15) is 0 Å². The summed E-state index contributed by atoms with van der Waals surface area (Å²) in [5.41, 5.74) is 1.36. The fraction of sp³-hybridized carbons (Fsp3) is 0.417. The van der Waals surface area contributed by atoms with Crippen LogP contribution >= 0.6 is 27.3 Å². The van der Waals surface area contributed by atoms with Crippen molar-refractivity contribution < 1.29 is 0 Å². The standard InChI is InChI=1S/C12H13BrN2S/c1-8-4-2-5-9-11(13)14-12(15(8)9)10-6-3-7-16-10/h3,6-8H,2,4-5H2,1H3. The predicted octanol–water partition coefficient (Wildman–Crippen LogP) is 4.27. The highest BCUT2D eigenvalue weighted by Crippen LogP contribution is 2.36.